The van der Waals surface area contributed by atoms with Gasteiger partial charge in [-0.3, -0.25) is 0 Å². The van der Waals surface area contributed by atoms with Crippen LogP contribution in [0.1, 0.15) is 12.5 Å². The molecule has 1 atom stereocenters. The largest absolute Gasteiger partial charge is 0.497 e. The molecule has 0 aliphatic carbocycles. The zero-order valence-electron chi connectivity index (χ0n) is 8.27. The summed E-state index contributed by atoms with van der Waals surface area (Å²) in [6.45, 7) is 1.76. The molecular weight excluding hydrogens is 180 g/mol. The Morgan fingerprint density at radius 1 is 1.43 bits per heavy atom. The van der Waals surface area contributed by atoms with Crippen molar-refractivity contribution in [2.45, 2.75) is 13.0 Å². The topological polar surface area (TPSA) is 67.8 Å². The second kappa shape index (κ2) is 4.62. The molecule has 0 radical (unpaired) electrons. The molecule has 0 amide bonds. The van der Waals surface area contributed by atoms with Crippen molar-refractivity contribution in [3.05, 3.63) is 29.8 Å². The van der Waals surface area contributed by atoms with E-state index in [2.05, 4.69) is 5.16 Å². The normalized spacial score (nSPS) is 13.8. The SMILES string of the molecule is COc1ccc(/C(=N\O)C(C)N)cc1. The van der Waals surface area contributed by atoms with Crippen LogP contribution < -0.4 is 10.5 Å². The van der Waals surface area contributed by atoms with Gasteiger partial charge in [-0.1, -0.05) is 5.16 Å². The summed E-state index contributed by atoms with van der Waals surface area (Å²) >= 11 is 0. The predicted molar refractivity (Wildman–Crippen MR) is 55.0 cm³/mol. The number of oxime groups is 1. The highest BCUT2D eigenvalue weighted by Crippen LogP contribution is 2.12. The Bertz CT molecular complexity index is 317. The number of nitrogens with zero attached hydrogens (tertiary/aromatic N) is 1. The summed E-state index contributed by atoms with van der Waals surface area (Å²) in [7, 11) is 1.60. The molecule has 0 aromatic heterocycles. The van der Waals surface area contributed by atoms with Crippen LogP contribution in [0.3, 0.4) is 0 Å². The third kappa shape index (κ3) is 2.23. The number of hydrogen-bond donors (Lipinski definition) is 2. The Balaban J connectivity index is 2.96. The second-order valence-electron chi connectivity index (χ2n) is 3.00. The van der Waals surface area contributed by atoms with Gasteiger partial charge in [0.1, 0.15) is 11.5 Å². The summed E-state index contributed by atoms with van der Waals surface area (Å²) in [6.07, 6.45) is 0. The summed E-state index contributed by atoms with van der Waals surface area (Å²) in [5, 5.41) is 11.9. The standard InChI is InChI=1S/C10H14N2O2/c1-7(11)10(12-13)8-3-5-9(14-2)6-4-8/h3-7,13H,11H2,1-2H3/b12-10-. The summed E-state index contributed by atoms with van der Waals surface area (Å²) < 4.78 is 5.01. The summed E-state index contributed by atoms with van der Waals surface area (Å²) in [4.78, 5) is 0. The average molecular weight is 194 g/mol. The number of hydrogen-bond acceptors (Lipinski definition) is 4. The van der Waals surface area contributed by atoms with Gasteiger partial charge in [0.05, 0.1) is 7.11 Å². The van der Waals surface area contributed by atoms with Gasteiger partial charge in [-0.05, 0) is 31.2 Å². The van der Waals surface area contributed by atoms with Gasteiger partial charge in [-0.25, -0.2) is 0 Å². The van der Waals surface area contributed by atoms with Gasteiger partial charge in [-0.2, -0.15) is 0 Å². The van der Waals surface area contributed by atoms with Crippen molar-refractivity contribution < 1.29 is 9.94 Å². The van der Waals surface area contributed by atoms with Gasteiger partial charge < -0.3 is 15.7 Å². The first-order valence-corrected chi connectivity index (χ1v) is 4.31. The van der Waals surface area contributed by atoms with Crippen LogP contribution in [0.15, 0.2) is 29.4 Å². The van der Waals surface area contributed by atoms with E-state index in [1.165, 1.54) is 0 Å². The first kappa shape index (κ1) is 10.5. The van der Waals surface area contributed by atoms with Crippen molar-refractivity contribution in [2.75, 3.05) is 7.11 Å². The van der Waals surface area contributed by atoms with E-state index >= 15 is 0 Å². The first-order chi connectivity index (χ1) is 6.69. The second-order valence-corrected chi connectivity index (χ2v) is 3.00. The summed E-state index contributed by atoms with van der Waals surface area (Å²) in [6, 6.07) is 6.90. The van der Waals surface area contributed by atoms with Crippen LogP contribution in [0.2, 0.25) is 0 Å². The molecule has 0 heterocycles. The third-order valence-electron chi connectivity index (χ3n) is 1.92. The molecule has 0 saturated heterocycles. The molecule has 0 aliphatic heterocycles. The van der Waals surface area contributed by atoms with Crippen molar-refractivity contribution >= 4 is 5.71 Å². The lowest BCUT2D eigenvalue weighted by atomic mass is 10.1. The molecule has 1 rings (SSSR count). The Kier molecular flexibility index (Phi) is 3.48. The predicted octanol–water partition coefficient (Wildman–Crippen LogP) is 1.22. The molecule has 3 N–H and O–H groups in total. The average Bonchev–Trinajstić information content (AvgIpc) is 2.19. The van der Waals surface area contributed by atoms with Crippen molar-refractivity contribution in [2.24, 2.45) is 10.9 Å². The van der Waals surface area contributed by atoms with Crippen LogP contribution in [-0.2, 0) is 0 Å². The fourth-order valence-electron chi connectivity index (χ4n) is 1.17. The van der Waals surface area contributed by atoms with Crippen molar-refractivity contribution in [3.8, 4) is 5.75 Å². The van der Waals surface area contributed by atoms with Crippen LogP contribution >= 0.6 is 0 Å². The molecule has 0 saturated carbocycles. The molecule has 0 aliphatic rings. The Labute approximate surface area is 83.0 Å². The minimum absolute atomic E-state index is 0.298. The number of ether oxygens (including phenoxy) is 1. The van der Waals surface area contributed by atoms with Crippen LogP contribution in [0, 0.1) is 0 Å². The molecule has 4 nitrogen and oxygen atoms in total. The molecular formula is C10H14N2O2. The molecule has 14 heavy (non-hydrogen) atoms. The zero-order valence-corrected chi connectivity index (χ0v) is 8.27. The molecule has 0 bridgehead atoms. The lowest BCUT2D eigenvalue weighted by Gasteiger charge is -2.08. The van der Waals surface area contributed by atoms with Gasteiger partial charge in [0.25, 0.3) is 0 Å². The lowest BCUT2D eigenvalue weighted by Crippen LogP contribution is -2.27. The maximum absolute atomic E-state index is 8.75. The van der Waals surface area contributed by atoms with E-state index in [0.29, 0.717) is 5.71 Å². The van der Waals surface area contributed by atoms with E-state index in [-0.39, 0.29) is 6.04 Å². The highest BCUT2D eigenvalue weighted by atomic mass is 16.5. The minimum Gasteiger partial charge on any atom is -0.497 e. The van der Waals surface area contributed by atoms with Crippen LogP contribution in [0.25, 0.3) is 0 Å². The fourth-order valence-corrected chi connectivity index (χ4v) is 1.17. The molecule has 4 heteroatoms. The van der Waals surface area contributed by atoms with Crippen molar-refractivity contribution in [1.82, 2.24) is 0 Å². The Hall–Kier alpha value is -1.55. The van der Waals surface area contributed by atoms with Gasteiger partial charge in [0.15, 0.2) is 0 Å². The maximum atomic E-state index is 8.75. The highest BCUT2D eigenvalue weighted by molar-refractivity contribution is 6.03. The van der Waals surface area contributed by atoms with Gasteiger partial charge in [0.2, 0.25) is 0 Å². The van der Waals surface area contributed by atoms with E-state index in [4.69, 9.17) is 15.7 Å². The van der Waals surface area contributed by atoms with E-state index in [0.717, 1.165) is 11.3 Å². The summed E-state index contributed by atoms with van der Waals surface area (Å²) in [5.74, 6) is 0.760. The zero-order chi connectivity index (χ0) is 10.6. The van der Waals surface area contributed by atoms with Gasteiger partial charge in [0, 0.05) is 11.6 Å². The Morgan fingerprint density at radius 2 is 2.00 bits per heavy atom. The minimum atomic E-state index is -0.298. The number of methoxy groups -OCH3 is 1. The monoisotopic (exact) mass is 194 g/mol. The molecule has 1 aromatic carbocycles. The van der Waals surface area contributed by atoms with Crippen molar-refractivity contribution in [3.63, 3.8) is 0 Å². The molecule has 1 unspecified atom stereocenters. The number of benzene rings is 1. The molecule has 1 aromatic rings. The third-order valence-corrected chi connectivity index (χ3v) is 1.92. The van der Waals surface area contributed by atoms with E-state index in [1.807, 2.05) is 0 Å². The highest BCUT2D eigenvalue weighted by Gasteiger charge is 2.08. The Morgan fingerprint density at radius 3 is 2.36 bits per heavy atom. The fraction of sp³-hybridized carbons (Fsp3) is 0.300. The lowest BCUT2D eigenvalue weighted by molar-refractivity contribution is 0.317. The smallest absolute Gasteiger partial charge is 0.118 e. The number of rotatable bonds is 3. The number of nitrogens with two attached hydrogens (primary N) is 1. The van der Waals surface area contributed by atoms with Crippen LogP contribution in [0.5, 0.6) is 5.75 Å². The van der Waals surface area contributed by atoms with Crippen molar-refractivity contribution in [1.29, 1.82) is 0 Å². The van der Waals surface area contributed by atoms with E-state index < -0.39 is 0 Å². The van der Waals surface area contributed by atoms with Crippen LogP contribution in [0.4, 0.5) is 0 Å². The maximum Gasteiger partial charge on any atom is 0.118 e. The van der Waals surface area contributed by atoms with Crippen LogP contribution in [-0.4, -0.2) is 24.1 Å². The summed E-state index contributed by atoms with van der Waals surface area (Å²) in [5.41, 5.74) is 6.89. The molecule has 0 spiro atoms. The van der Waals surface area contributed by atoms with E-state index in [1.54, 1.807) is 38.3 Å². The first-order valence-electron chi connectivity index (χ1n) is 4.31. The molecule has 76 valence electrons. The van der Waals surface area contributed by atoms with Gasteiger partial charge >= 0.3 is 0 Å². The van der Waals surface area contributed by atoms with Gasteiger partial charge in [-0.15, -0.1) is 0 Å². The molecule has 0 fully saturated rings. The van der Waals surface area contributed by atoms with E-state index in [9.17, 15) is 0 Å². The quantitative estimate of drug-likeness (QED) is 0.432.